The maximum atomic E-state index is 3.70. The van der Waals surface area contributed by atoms with E-state index in [4.69, 9.17) is 0 Å². The van der Waals surface area contributed by atoms with Gasteiger partial charge in [0.05, 0.1) is 4.95 Å². The van der Waals surface area contributed by atoms with Gasteiger partial charge in [0.25, 0.3) is 0 Å². The van der Waals surface area contributed by atoms with E-state index in [1.54, 1.807) is 0 Å². The Kier molecular flexibility index (Phi) is 6.57. The van der Waals surface area contributed by atoms with Crippen LogP contribution in [0.3, 0.4) is 0 Å². The van der Waals surface area contributed by atoms with Crippen LogP contribution in [-0.4, -0.2) is 22.9 Å². The van der Waals surface area contributed by atoms with E-state index in [0.29, 0.717) is 4.95 Å². The third-order valence-corrected chi connectivity index (χ3v) is 2.69. The summed E-state index contributed by atoms with van der Waals surface area (Å²) in [6.07, 6.45) is 4.92. The number of nitrogens with zero attached hydrogens (tertiary/aromatic N) is 1. The van der Waals surface area contributed by atoms with Gasteiger partial charge in [0, 0.05) is 13.1 Å². The predicted octanol–water partition coefficient (Wildman–Crippen LogP) is 2.79. The van der Waals surface area contributed by atoms with Crippen molar-refractivity contribution < 1.29 is 0 Å². The molecule has 0 rings (SSSR count). The first-order valence-electron chi connectivity index (χ1n) is 3.86. The first kappa shape index (κ1) is 10.9. The van der Waals surface area contributed by atoms with Gasteiger partial charge in [-0.05, 0) is 6.42 Å². The second kappa shape index (κ2) is 6.62. The summed E-state index contributed by atoms with van der Waals surface area (Å²) in [5.41, 5.74) is 0. The fourth-order valence-corrected chi connectivity index (χ4v) is 1.23. The molecule has 0 radical (unpaired) electrons. The van der Waals surface area contributed by atoms with E-state index in [-0.39, 0.29) is 0 Å². The molecule has 0 fully saturated rings. The van der Waals surface area contributed by atoms with E-state index in [0.717, 1.165) is 19.5 Å². The Morgan fingerprint density at radius 1 is 1.36 bits per heavy atom. The molecule has 0 N–H and O–H groups in total. The van der Waals surface area contributed by atoms with Crippen molar-refractivity contribution in [2.24, 2.45) is 0 Å². The van der Waals surface area contributed by atoms with E-state index >= 15 is 0 Å². The second-order valence-corrected chi connectivity index (χ2v) is 3.43. The van der Waals surface area contributed by atoms with Gasteiger partial charge in [-0.25, -0.2) is 0 Å². The quantitative estimate of drug-likeness (QED) is 0.376. The van der Waals surface area contributed by atoms with Crippen LogP contribution < -0.4 is 0 Å². The van der Waals surface area contributed by atoms with Crippen LogP contribution in [0.25, 0.3) is 0 Å². The molecule has 0 aliphatic heterocycles. The Labute approximate surface area is 77.9 Å². The highest BCUT2D eigenvalue weighted by Crippen LogP contribution is 2.10. The fraction of sp³-hybridized carbons (Fsp3) is 0.556. The molecule has 0 spiro atoms. The van der Waals surface area contributed by atoms with Crippen molar-refractivity contribution in [2.75, 3.05) is 13.1 Å². The minimum Gasteiger partial charge on any atom is -0.284 e. The van der Waals surface area contributed by atoms with E-state index in [1.165, 1.54) is 0 Å². The Hall–Kier alpha value is -0.0800. The first-order valence-corrected chi connectivity index (χ1v) is 4.77. The molecule has 2 heteroatoms. The van der Waals surface area contributed by atoms with E-state index in [2.05, 4.69) is 40.9 Å². The number of hydrogen-bond acceptors (Lipinski definition) is 1. The summed E-state index contributed by atoms with van der Waals surface area (Å²) in [6.45, 7) is 11.4. The predicted molar refractivity (Wildman–Crippen MR) is 55.0 cm³/mol. The lowest BCUT2D eigenvalue weighted by Gasteiger charge is -2.23. The van der Waals surface area contributed by atoms with Crippen LogP contribution in [0.5, 0.6) is 0 Å². The highest BCUT2D eigenvalue weighted by Gasteiger charge is 2.08. The number of hydrogen-bond donors (Lipinski definition) is 0. The summed E-state index contributed by atoms with van der Waals surface area (Å²) in [6, 6.07) is 0. The lowest BCUT2D eigenvalue weighted by molar-refractivity contribution is 0.314. The summed E-state index contributed by atoms with van der Waals surface area (Å²) < 4.78 is 0. The maximum absolute atomic E-state index is 3.70. The molecule has 0 amide bonds. The lowest BCUT2D eigenvalue weighted by Crippen LogP contribution is -2.30. The number of rotatable bonds is 6. The number of halogens is 1. The van der Waals surface area contributed by atoms with Crippen molar-refractivity contribution in [3.8, 4) is 0 Å². The minimum absolute atomic E-state index is 0.443. The molecule has 1 nitrogen and oxygen atoms in total. The Balaban J connectivity index is 3.84. The van der Waals surface area contributed by atoms with Crippen molar-refractivity contribution >= 4 is 15.9 Å². The van der Waals surface area contributed by atoms with Gasteiger partial charge in [-0.3, -0.25) is 4.90 Å². The molecule has 0 saturated carbocycles. The SMILES string of the molecule is C=CCN(CC=C)C(Br)CC. The minimum atomic E-state index is 0.443. The molecule has 64 valence electrons. The van der Waals surface area contributed by atoms with Crippen LogP contribution in [0.15, 0.2) is 25.3 Å². The molecule has 0 saturated heterocycles. The summed E-state index contributed by atoms with van der Waals surface area (Å²) in [7, 11) is 0. The summed E-state index contributed by atoms with van der Waals surface area (Å²) >= 11 is 3.58. The molecule has 0 aliphatic rings. The van der Waals surface area contributed by atoms with Crippen LogP contribution in [-0.2, 0) is 0 Å². The van der Waals surface area contributed by atoms with Crippen molar-refractivity contribution in [3.63, 3.8) is 0 Å². The normalized spacial score (nSPS) is 13.0. The summed E-state index contributed by atoms with van der Waals surface area (Å²) in [5.74, 6) is 0. The van der Waals surface area contributed by atoms with E-state index < -0.39 is 0 Å². The van der Waals surface area contributed by atoms with Crippen LogP contribution in [0.4, 0.5) is 0 Å². The molecule has 0 bridgehead atoms. The van der Waals surface area contributed by atoms with Crippen LogP contribution >= 0.6 is 15.9 Å². The third kappa shape index (κ3) is 4.38. The fourth-order valence-electron chi connectivity index (χ4n) is 0.893. The van der Waals surface area contributed by atoms with Crippen molar-refractivity contribution in [1.82, 2.24) is 4.90 Å². The van der Waals surface area contributed by atoms with Crippen LogP contribution in [0, 0.1) is 0 Å². The maximum Gasteiger partial charge on any atom is 0.0658 e. The van der Waals surface area contributed by atoms with Gasteiger partial charge in [0.15, 0.2) is 0 Å². The average molecular weight is 218 g/mol. The van der Waals surface area contributed by atoms with Gasteiger partial charge in [0.1, 0.15) is 0 Å². The first-order chi connectivity index (χ1) is 5.26. The molecule has 0 aromatic rings. The van der Waals surface area contributed by atoms with Crippen LogP contribution in [0.1, 0.15) is 13.3 Å². The summed E-state index contributed by atoms with van der Waals surface area (Å²) in [4.78, 5) is 2.71. The molecule has 1 unspecified atom stereocenters. The molecule has 1 atom stereocenters. The van der Waals surface area contributed by atoms with Gasteiger partial charge in [-0.2, -0.15) is 0 Å². The zero-order valence-corrected chi connectivity index (χ0v) is 8.68. The third-order valence-electron chi connectivity index (χ3n) is 1.46. The highest BCUT2D eigenvalue weighted by atomic mass is 79.9. The second-order valence-electron chi connectivity index (χ2n) is 2.37. The Bertz CT molecular complexity index is 113. The summed E-state index contributed by atoms with van der Waals surface area (Å²) in [5, 5.41) is 0. The van der Waals surface area contributed by atoms with Gasteiger partial charge in [-0.15, -0.1) is 13.2 Å². The van der Waals surface area contributed by atoms with E-state index in [1.807, 2.05) is 12.2 Å². The Morgan fingerprint density at radius 3 is 2.09 bits per heavy atom. The van der Waals surface area contributed by atoms with Gasteiger partial charge in [-0.1, -0.05) is 35.0 Å². The van der Waals surface area contributed by atoms with Crippen molar-refractivity contribution in [2.45, 2.75) is 18.3 Å². The highest BCUT2D eigenvalue weighted by molar-refractivity contribution is 9.09. The van der Waals surface area contributed by atoms with Gasteiger partial charge >= 0.3 is 0 Å². The molecular formula is C9H16BrN. The number of alkyl halides is 1. The largest absolute Gasteiger partial charge is 0.284 e. The molecule has 0 aliphatic carbocycles. The van der Waals surface area contributed by atoms with Gasteiger partial charge in [0.2, 0.25) is 0 Å². The smallest absolute Gasteiger partial charge is 0.0658 e. The molecule has 0 aromatic heterocycles. The standard InChI is InChI=1S/C9H16BrN/c1-4-7-11(8-5-2)9(10)6-3/h4-5,9H,1-2,6-8H2,3H3. The zero-order valence-electron chi connectivity index (χ0n) is 7.09. The zero-order chi connectivity index (χ0) is 8.69. The molecule has 11 heavy (non-hydrogen) atoms. The lowest BCUT2D eigenvalue weighted by atomic mass is 10.4. The topological polar surface area (TPSA) is 3.24 Å². The Morgan fingerprint density at radius 2 is 1.82 bits per heavy atom. The van der Waals surface area contributed by atoms with Crippen LogP contribution in [0.2, 0.25) is 0 Å². The van der Waals surface area contributed by atoms with Crippen molar-refractivity contribution in [1.29, 1.82) is 0 Å². The van der Waals surface area contributed by atoms with Gasteiger partial charge < -0.3 is 0 Å². The average Bonchev–Trinajstić information content (AvgIpc) is 2.03. The monoisotopic (exact) mass is 217 g/mol. The molecule has 0 aromatic carbocycles. The molecular weight excluding hydrogens is 202 g/mol. The molecule has 0 heterocycles. The van der Waals surface area contributed by atoms with E-state index in [9.17, 15) is 0 Å². The van der Waals surface area contributed by atoms with Crippen molar-refractivity contribution in [3.05, 3.63) is 25.3 Å².